The van der Waals surface area contributed by atoms with Gasteiger partial charge in [-0.2, -0.15) is 0 Å². The van der Waals surface area contributed by atoms with Crippen LogP contribution in [0.1, 0.15) is 31.4 Å². The van der Waals surface area contributed by atoms with E-state index in [1.807, 2.05) is 17.4 Å². The van der Waals surface area contributed by atoms with Crippen LogP contribution in [0.15, 0.2) is 12.5 Å². The number of hydrogen-bond donors (Lipinski definition) is 0. The smallest absolute Gasteiger partial charge is 0.226 e. The highest BCUT2D eigenvalue weighted by Crippen LogP contribution is 2.67. The number of nitrogens with zero attached hydrogens (tertiary/aromatic N) is 3. The van der Waals surface area contributed by atoms with Gasteiger partial charge in [0.25, 0.3) is 0 Å². The molecule has 0 bridgehead atoms. The molecule has 23 heavy (non-hydrogen) atoms. The van der Waals surface area contributed by atoms with Gasteiger partial charge in [0, 0.05) is 25.2 Å². The van der Waals surface area contributed by atoms with Gasteiger partial charge in [-0.1, -0.05) is 0 Å². The number of aromatic nitrogens is 2. The number of rotatable bonds is 1. The number of amides is 1. The van der Waals surface area contributed by atoms with Crippen molar-refractivity contribution in [3.05, 3.63) is 18.2 Å². The Balaban J connectivity index is 1.25. The molecule has 1 aromatic rings. The van der Waals surface area contributed by atoms with Crippen molar-refractivity contribution in [1.82, 2.24) is 14.5 Å². The van der Waals surface area contributed by atoms with Crippen molar-refractivity contribution >= 4 is 29.1 Å². The molecule has 1 aliphatic heterocycles. The first kappa shape index (κ1) is 14.6. The maximum atomic E-state index is 12.9. The highest BCUT2D eigenvalue weighted by molar-refractivity contribution is 6.51. The van der Waals surface area contributed by atoms with Crippen molar-refractivity contribution in [3.8, 4) is 0 Å². The summed E-state index contributed by atoms with van der Waals surface area (Å²) in [6.07, 6.45) is 8.16. The highest BCUT2D eigenvalue weighted by atomic mass is 35.5. The molecule has 3 saturated carbocycles. The van der Waals surface area contributed by atoms with Crippen LogP contribution in [0.2, 0.25) is 0 Å². The van der Waals surface area contributed by atoms with E-state index in [-0.39, 0.29) is 5.92 Å². The summed E-state index contributed by atoms with van der Waals surface area (Å²) in [6.45, 7) is 2.40. The number of hydrogen-bond acceptors (Lipinski definition) is 2. The minimum atomic E-state index is -0.471. The minimum Gasteiger partial charge on any atom is -0.335 e. The normalized spacial score (nSPS) is 40.3. The Hall–Kier alpha value is -0.740. The lowest BCUT2D eigenvalue weighted by atomic mass is 10.0. The highest BCUT2D eigenvalue weighted by Gasteiger charge is 2.65. The van der Waals surface area contributed by atoms with Gasteiger partial charge in [-0.05, 0) is 49.4 Å². The molecule has 2 heterocycles. The standard InChI is InChI=1S/C17H21Cl2N3O/c18-17(19)13-3-1-11-12(2-4-14(13)17)15(11)16(23)21-5-6-22-9-20-7-10(22)8-21/h7,9,11-15H,1-6,8H2/t11-,12-,13+,14+/m0/s1. The first-order valence-corrected chi connectivity index (χ1v) is 9.48. The van der Waals surface area contributed by atoms with Crippen molar-refractivity contribution < 1.29 is 4.79 Å². The van der Waals surface area contributed by atoms with Crippen LogP contribution in [-0.4, -0.2) is 31.2 Å². The van der Waals surface area contributed by atoms with Crippen LogP contribution in [0.25, 0.3) is 0 Å². The van der Waals surface area contributed by atoms with Crippen LogP contribution >= 0.6 is 23.2 Å². The van der Waals surface area contributed by atoms with E-state index in [4.69, 9.17) is 23.2 Å². The van der Waals surface area contributed by atoms with E-state index >= 15 is 0 Å². The van der Waals surface area contributed by atoms with Crippen molar-refractivity contribution in [2.24, 2.45) is 29.6 Å². The Labute approximate surface area is 146 Å². The molecule has 0 radical (unpaired) electrons. The minimum absolute atomic E-state index is 0.252. The molecular formula is C17H21Cl2N3O. The molecule has 4 aliphatic rings. The van der Waals surface area contributed by atoms with E-state index in [0.29, 0.717) is 36.1 Å². The molecule has 0 N–H and O–H groups in total. The molecule has 3 fully saturated rings. The van der Waals surface area contributed by atoms with Crippen LogP contribution < -0.4 is 0 Å². The number of carbonyl (C=O) groups excluding carboxylic acids is 1. The SMILES string of the molecule is O=C(C1[C@H]2CC[C@@H]3[C@@H](CC[C@H]12)C3(Cl)Cl)N1CCn2cncc2C1. The van der Waals surface area contributed by atoms with Gasteiger partial charge in [0.05, 0.1) is 18.6 Å². The molecule has 4 nitrogen and oxygen atoms in total. The zero-order chi connectivity index (χ0) is 15.8. The van der Waals surface area contributed by atoms with Crippen molar-refractivity contribution in [3.63, 3.8) is 0 Å². The van der Waals surface area contributed by atoms with Gasteiger partial charge in [0.15, 0.2) is 0 Å². The zero-order valence-electron chi connectivity index (χ0n) is 13.0. The second-order valence-electron chi connectivity index (χ2n) is 7.73. The van der Waals surface area contributed by atoms with Crippen LogP contribution in [-0.2, 0) is 17.9 Å². The molecule has 5 rings (SSSR count). The number of fused-ring (bicyclic) bond motifs is 3. The van der Waals surface area contributed by atoms with Gasteiger partial charge in [-0.3, -0.25) is 4.79 Å². The molecule has 6 heteroatoms. The number of imidazole rings is 1. The Morgan fingerprint density at radius 3 is 2.52 bits per heavy atom. The van der Waals surface area contributed by atoms with Crippen molar-refractivity contribution in [1.29, 1.82) is 0 Å². The van der Waals surface area contributed by atoms with Crippen LogP contribution in [0.3, 0.4) is 0 Å². The molecule has 0 spiro atoms. The monoisotopic (exact) mass is 353 g/mol. The quantitative estimate of drug-likeness (QED) is 0.727. The van der Waals surface area contributed by atoms with Gasteiger partial charge in [0.2, 0.25) is 5.91 Å². The number of halogens is 2. The summed E-state index contributed by atoms with van der Waals surface area (Å²) < 4.78 is 1.68. The first-order valence-electron chi connectivity index (χ1n) is 8.73. The maximum absolute atomic E-state index is 12.9. The summed E-state index contributed by atoms with van der Waals surface area (Å²) in [7, 11) is 0. The van der Waals surface area contributed by atoms with Gasteiger partial charge in [-0.25, -0.2) is 4.98 Å². The Morgan fingerprint density at radius 1 is 1.13 bits per heavy atom. The van der Waals surface area contributed by atoms with E-state index < -0.39 is 4.33 Å². The van der Waals surface area contributed by atoms with Gasteiger partial charge >= 0.3 is 0 Å². The summed E-state index contributed by atoms with van der Waals surface area (Å²) in [5, 5.41) is 0. The third kappa shape index (κ3) is 2.17. The predicted octanol–water partition coefficient (Wildman–Crippen LogP) is 3.08. The maximum Gasteiger partial charge on any atom is 0.226 e. The van der Waals surface area contributed by atoms with Crippen molar-refractivity contribution in [2.75, 3.05) is 6.54 Å². The average Bonchev–Trinajstić information content (AvgIpc) is 3.20. The number of carbonyl (C=O) groups is 1. The molecule has 0 unspecified atom stereocenters. The molecule has 1 amide bonds. The van der Waals surface area contributed by atoms with Gasteiger partial charge < -0.3 is 9.47 Å². The lowest BCUT2D eigenvalue weighted by Gasteiger charge is -2.28. The van der Waals surface area contributed by atoms with Crippen LogP contribution in [0, 0.1) is 29.6 Å². The lowest BCUT2D eigenvalue weighted by molar-refractivity contribution is -0.134. The summed E-state index contributed by atoms with van der Waals surface area (Å²) >= 11 is 12.7. The van der Waals surface area contributed by atoms with E-state index in [9.17, 15) is 4.79 Å². The zero-order valence-corrected chi connectivity index (χ0v) is 14.5. The third-order valence-electron chi connectivity index (χ3n) is 6.68. The fourth-order valence-electron chi connectivity index (χ4n) is 5.17. The Morgan fingerprint density at radius 2 is 1.83 bits per heavy atom. The largest absolute Gasteiger partial charge is 0.335 e. The summed E-state index contributed by atoms with van der Waals surface area (Å²) in [5.74, 6) is 2.69. The fourth-order valence-corrected chi connectivity index (χ4v) is 6.09. The van der Waals surface area contributed by atoms with Crippen LogP contribution in [0.4, 0.5) is 0 Å². The summed E-state index contributed by atoms with van der Waals surface area (Å²) in [5.41, 5.74) is 1.15. The molecular weight excluding hydrogens is 333 g/mol. The molecule has 124 valence electrons. The molecule has 1 aromatic heterocycles. The molecule has 0 saturated heterocycles. The average molecular weight is 354 g/mol. The van der Waals surface area contributed by atoms with E-state index in [0.717, 1.165) is 44.5 Å². The predicted molar refractivity (Wildman–Crippen MR) is 88.0 cm³/mol. The Kier molecular flexibility index (Phi) is 3.10. The van der Waals surface area contributed by atoms with E-state index in [1.54, 1.807) is 0 Å². The summed E-state index contributed by atoms with van der Waals surface area (Å²) in [4.78, 5) is 19.2. The van der Waals surface area contributed by atoms with Gasteiger partial charge in [0.1, 0.15) is 4.33 Å². The van der Waals surface area contributed by atoms with Crippen LogP contribution in [0.5, 0.6) is 0 Å². The third-order valence-corrected chi connectivity index (χ3v) is 7.80. The topological polar surface area (TPSA) is 38.1 Å². The lowest BCUT2D eigenvalue weighted by Crippen LogP contribution is -2.39. The van der Waals surface area contributed by atoms with Gasteiger partial charge in [-0.15, -0.1) is 23.2 Å². The van der Waals surface area contributed by atoms with Crippen molar-refractivity contribution in [2.45, 2.75) is 43.1 Å². The fraction of sp³-hybridized carbons (Fsp3) is 0.765. The molecule has 0 aromatic carbocycles. The van der Waals surface area contributed by atoms with E-state index in [1.165, 1.54) is 0 Å². The Bertz CT molecular complexity index is 636. The molecule has 3 aliphatic carbocycles. The molecule has 4 atom stereocenters. The second-order valence-corrected chi connectivity index (χ2v) is 9.18. The van der Waals surface area contributed by atoms with E-state index in [2.05, 4.69) is 9.55 Å². The number of alkyl halides is 2. The summed E-state index contributed by atoms with van der Waals surface area (Å²) in [6, 6.07) is 0. The second kappa shape index (κ2) is 4.89. The first-order chi connectivity index (χ1) is 11.1.